The van der Waals surface area contributed by atoms with Gasteiger partial charge in [-0.15, -0.1) is 0 Å². The molecule has 1 amide bonds. The highest BCUT2D eigenvalue weighted by atomic mass is 16.5. The van der Waals surface area contributed by atoms with E-state index in [1.807, 2.05) is 12.1 Å². The normalized spacial score (nSPS) is 10.3. The minimum Gasteiger partial charge on any atom is -0.491 e. The first-order valence-corrected chi connectivity index (χ1v) is 7.42. The first kappa shape index (κ1) is 16.0. The fourth-order valence-corrected chi connectivity index (χ4v) is 2.07. The zero-order valence-electron chi connectivity index (χ0n) is 12.7. The van der Waals surface area contributed by atoms with E-state index < -0.39 is 0 Å². The standard InChI is InChI=1S/C18H21NO3/c1-2-14-6-8-15(9-7-14)13-19-18(21)16-4-3-5-17(12-16)22-11-10-20/h3-9,12,20H,2,10-11,13H2,1H3,(H,19,21). The second-order valence-corrected chi connectivity index (χ2v) is 4.95. The molecule has 0 bridgehead atoms. The second kappa shape index (κ2) is 8.20. The van der Waals surface area contributed by atoms with E-state index in [0.29, 0.717) is 17.9 Å². The van der Waals surface area contributed by atoms with Gasteiger partial charge in [-0.25, -0.2) is 0 Å². The van der Waals surface area contributed by atoms with Crippen molar-refractivity contribution in [3.05, 3.63) is 65.2 Å². The molecule has 4 nitrogen and oxygen atoms in total. The van der Waals surface area contributed by atoms with Crippen molar-refractivity contribution >= 4 is 5.91 Å². The summed E-state index contributed by atoms with van der Waals surface area (Å²) >= 11 is 0. The van der Waals surface area contributed by atoms with Crippen molar-refractivity contribution in [3.8, 4) is 5.75 Å². The molecule has 0 aliphatic carbocycles. The van der Waals surface area contributed by atoms with Gasteiger partial charge in [0.15, 0.2) is 0 Å². The first-order valence-electron chi connectivity index (χ1n) is 7.42. The molecule has 2 aromatic carbocycles. The maximum atomic E-state index is 12.2. The Hall–Kier alpha value is -2.33. The second-order valence-electron chi connectivity index (χ2n) is 4.95. The highest BCUT2D eigenvalue weighted by Crippen LogP contribution is 2.13. The summed E-state index contributed by atoms with van der Waals surface area (Å²) in [5, 5.41) is 11.6. The maximum absolute atomic E-state index is 12.2. The molecule has 116 valence electrons. The van der Waals surface area contributed by atoms with Gasteiger partial charge in [-0.3, -0.25) is 4.79 Å². The SMILES string of the molecule is CCc1ccc(CNC(=O)c2cccc(OCCO)c2)cc1. The van der Waals surface area contributed by atoms with Crippen molar-refractivity contribution in [2.75, 3.05) is 13.2 Å². The number of rotatable bonds is 7. The molecule has 0 spiro atoms. The van der Waals surface area contributed by atoms with E-state index in [4.69, 9.17) is 9.84 Å². The molecule has 0 atom stereocenters. The number of carbonyl (C=O) groups excluding carboxylic acids is 1. The Morgan fingerprint density at radius 2 is 1.86 bits per heavy atom. The Bertz CT molecular complexity index is 608. The number of hydrogen-bond acceptors (Lipinski definition) is 3. The molecule has 2 aromatic rings. The van der Waals surface area contributed by atoms with Crippen LogP contribution in [0.15, 0.2) is 48.5 Å². The largest absolute Gasteiger partial charge is 0.491 e. The lowest BCUT2D eigenvalue weighted by Gasteiger charge is -2.08. The van der Waals surface area contributed by atoms with Crippen molar-refractivity contribution in [3.63, 3.8) is 0 Å². The van der Waals surface area contributed by atoms with Crippen LogP contribution in [-0.2, 0) is 13.0 Å². The number of aryl methyl sites for hydroxylation is 1. The monoisotopic (exact) mass is 299 g/mol. The van der Waals surface area contributed by atoms with Crippen LogP contribution in [0.5, 0.6) is 5.75 Å². The molecule has 0 saturated heterocycles. The summed E-state index contributed by atoms with van der Waals surface area (Å²) in [6.07, 6.45) is 1.01. The van der Waals surface area contributed by atoms with Crippen LogP contribution < -0.4 is 10.1 Å². The van der Waals surface area contributed by atoms with E-state index in [2.05, 4.69) is 24.4 Å². The molecule has 0 saturated carbocycles. The van der Waals surface area contributed by atoms with Crippen molar-refractivity contribution < 1.29 is 14.6 Å². The fraction of sp³-hybridized carbons (Fsp3) is 0.278. The van der Waals surface area contributed by atoms with Crippen molar-refractivity contribution in [2.24, 2.45) is 0 Å². The molecule has 0 radical (unpaired) electrons. The Labute approximate surface area is 130 Å². The van der Waals surface area contributed by atoms with Gasteiger partial charge < -0.3 is 15.2 Å². The highest BCUT2D eigenvalue weighted by Gasteiger charge is 2.06. The average molecular weight is 299 g/mol. The molecular formula is C18H21NO3. The summed E-state index contributed by atoms with van der Waals surface area (Å²) in [6, 6.07) is 15.1. The predicted octanol–water partition coefficient (Wildman–Crippen LogP) is 2.55. The molecule has 0 aliphatic rings. The Morgan fingerprint density at radius 1 is 1.14 bits per heavy atom. The summed E-state index contributed by atoms with van der Waals surface area (Å²) in [5.74, 6) is 0.433. The van der Waals surface area contributed by atoms with Gasteiger partial charge in [0.05, 0.1) is 6.61 Å². The van der Waals surface area contributed by atoms with E-state index in [-0.39, 0.29) is 19.1 Å². The lowest BCUT2D eigenvalue weighted by molar-refractivity contribution is 0.0950. The number of carbonyl (C=O) groups is 1. The Kier molecular flexibility index (Phi) is 5.98. The van der Waals surface area contributed by atoms with Gasteiger partial charge in [0.1, 0.15) is 12.4 Å². The van der Waals surface area contributed by atoms with Crippen LogP contribution in [0.25, 0.3) is 0 Å². The van der Waals surface area contributed by atoms with Gasteiger partial charge >= 0.3 is 0 Å². The van der Waals surface area contributed by atoms with Gasteiger partial charge in [0.25, 0.3) is 5.91 Å². The molecule has 0 aromatic heterocycles. The molecule has 4 heteroatoms. The van der Waals surface area contributed by atoms with Crippen LogP contribution in [-0.4, -0.2) is 24.2 Å². The van der Waals surface area contributed by atoms with E-state index >= 15 is 0 Å². The van der Waals surface area contributed by atoms with Crippen molar-refractivity contribution in [1.82, 2.24) is 5.32 Å². The lowest BCUT2D eigenvalue weighted by Crippen LogP contribution is -2.22. The molecule has 0 fully saturated rings. The van der Waals surface area contributed by atoms with Gasteiger partial charge in [0, 0.05) is 12.1 Å². The quantitative estimate of drug-likeness (QED) is 0.826. The smallest absolute Gasteiger partial charge is 0.251 e. The predicted molar refractivity (Wildman–Crippen MR) is 86.0 cm³/mol. The first-order chi connectivity index (χ1) is 10.7. The minimum absolute atomic E-state index is 0.0514. The van der Waals surface area contributed by atoms with Crippen LogP contribution >= 0.6 is 0 Å². The summed E-state index contributed by atoms with van der Waals surface area (Å²) in [7, 11) is 0. The van der Waals surface area contributed by atoms with Crippen LogP contribution in [0.2, 0.25) is 0 Å². The van der Waals surface area contributed by atoms with Gasteiger partial charge in [-0.2, -0.15) is 0 Å². The van der Waals surface area contributed by atoms with E-state index in [1.165, 1.54) is 5.56 Å². The van der Waals surface area contributed by atoms with Gasteiger partial charge in [0.2, 0.25) is 0 Å². The van der Waals surface area contributed by atoms with Crippen LogP contribution in [0.3, 0.4) is 0 Å². The van der Waals surface area contributed by atoms with Gasteiger partial charge in [-0.05, 0) is 35.7 Å². The number of hydrogen-bond donors (Lipinski definition) is 2. The molecule has 2 rings (SSSR count). The molecule has 22 heavy (non-hydrogen) atoms. The van der Waals surface area contributed by atoms with Crippen LogP contribution in [0, 0.1) is 0 Å². The van der Waals surface area contributed by atoms with Crippen LogP contribution in [0.4, 0.5) is 0 Å². The van der Waals surface area contributed by atoms with E-state index in [9.17, 15) is 4.79 Å². The topological polar surface area (TPSA) is 58.6 Å². The summed E-state index contributed by atoms with van der Waals surface area (Å²) in [6.45, 7) is 2.77. The molecule has 0 unspecified atom stereocenters. The highest BCUT2D eigenvalue weighted by molar-refractivity contribution is 5.94. The fourth-order valence-electron chi connectivity index (χ4n) is 2.07. The van der Waals surface area contributed by atoms with Crippen molar-refractivity contribution in [1.29, 1.82) is 0 Å². The van der Waals surface area contributed by atoms with Crippen LogP contribution in [0.1, 0.15) is 28.4 Å². The lowest BCUT2D eigenvalue weighted by atomic mass is 10.1. The molecule has 0 aliphatic heterocycles. The minimum atomic E-state index is -0.144. The number of aliphatic hydroxyl groups excluding tert-OH is 1. The maximum Gasteiger partial charge on any atom is 0.251 e. The summed E-state index contributed by atoms with van der Waals surface area (Å²) < 4.78 is 5.30. The van der Waals surface area contributed by atoms with Gasteiger partial charge in [-0.1, -0.05) is 37.3 Å². The van der Waals surface area contributed by atoms with Crippen molar-refractivity contribution in [2.45, 2.75) is 19.9 Å². The summed E-state index contributed by atoms with van der Waals surface area (Å²) in [5.41, 5.74) is 2.89. The number of aliphatic hydroxyl groups is 1. The number of amides is 1. The zero-order chi connectivity index (χ0) is 15.8. The third-order valence-electron chi connectivity index (χ3n) is 3.34. The Morgan fingerprint density at radius 3 is 2.55 bits per heavy atom. The molecule has 0 heterocycles. The average Bonchev–Trinajstić information content (AvgIpc) is 2.58. The molecular weight excluding hydrogens is 278 g/mol. The third kappa shape index (κ3) is 4.60. The van der Waals surface area contributed by atoms with E-state index in [1.54, 1.807) is 24.3 Å². The third-order valence-corrected chi connectivity index (χ3v) is 3.34. The Balaban J connectivity index is 1.93. The summed E-state index contributed by atoms with van der Waals surface area (Å²) in [4.78, 5) is 12.2. The molecule has 2 N–H and O–H groups in total. The van der Waals surface area contributed by atoms with E-state index in [0.717, 1.165) is 12.0 Å². The number of benzene rings is 2. The number of ether oxygens (including phenoxy) is 1. The zero-order valence-corrected chi connectivity index (χ0v) is 12.7. The number of nitrogens with one attached hydrogen (secondary N) is 1.